The van der Waals surface area contributed by atoms with Crippen LogP contribution in [0.4, 0.5) is 0 Å². The summed E-state index contributed by atoms with van der Waals surface area (Å²) < 4.78 is 9.41. The summed E-state index contributed by atoms with van der Waals surface area (Å²) in [5.41, 5.74) is 0.226. The Labute approximate surface area is 168 Å². The molecule has 0 spiro atoms. The van der Waals surface area contributed by atoms with Gasteiger partial charge in [0, 0.05) is 19.5 Å². The van der Waals surface area contributed by atoms with Crippen molar-refractivity contribution >= 4 is 28.4 Å². The Kier molecular flexibility index (Phi) is 4.66. The van der Waals surface area contributed by atoms with E-state index in [1.54, 1.807) is 6.07 Å². The molecule has 4 aromatic rings. The van der Waals surface area contributed by atoms with Crippen LogP contribution in [0.15, 0.2) is 37.8 Å². The maximum atomic E-state index is 12.4. The van der Waals surface area contributed by atoms with Crippen molar-refractivity contribution < 1.29 is 9.21 Å². The van der Waals surface area contributed by atoms with E-state index in [1.165, 1.54) is 40.9 Å². The van der Waals surface area contributed by atoms with Gasteiger partial charge in [0.2, 0.25) is 5.91 Å². The molecule has 4 rings (SSSR count). The molecule has 0 aromatic carbocycles. The SMILES string of the molecule is Cc1nc(-c2ccc(CNC(=O)Cn3cnc4c3c(=O)n(C)c(=O)n4C)o2)cs1. The zero-order chi connectivity index (χ0) is 20.7. The summed E-state index contributed by atoms with van der Waals surface area (Å²) in [5, 5.41) is 5.61. The molecule has 0 fully saturated rings. The van der Waals surface area contributed by atoms with E-state index in [0.29, 0.717) is 11.5 Å². The molecule has 0 unspecified atom stereocenters. The standard InChI is InChI=1S/C18H18N6O4S/c1-10-21-12(8-29-10)13-5-4-11(28-13)6-19-14(25)7-24-9-20-16-15(24)17(26)23(3)18(27)22(16)2/h4-5,8-9H,6-7H2,1-3H3,(H,19,25). The number of nitrogens with one attached hydrogen (secondary N) is 1. The highest BCUT2D eigenvalue weighted by Gasteiger charge is 2.16. The van der Waals surface area contributed by atoms with Crippen molar-refractivity contribution in [2.75, 3.05) is 0 Å². The molecule has 11 heteroatoms. The van der Waals surface area contributed by atoms with E-state index in [2.05, 4.69) is 15.3 Å². The van der Waals surface area contributed by atoms with Gasteiger partial charge in [0.25, 0.3) is 5.56 Å². The minimum absolute atomic E-state index is 0.108. The number of nitrogens with zero attached hydrogens (tertiary/aromatic N) is 5. The van der Waals surface area contributed by atoms with E-state index < -0.39 is 11.2 Å². The van der Waals surface area contributed by atoms with Crippen molar-refractivity contribution in [2.24, 2.45) is 14.1 Å². The molecule has 0 aliphatic heterocycles. The number of aromatic nitrogens is 5. The third-order valence-electron chi connectivity index (χ3n) is 4.52. The fourth-order valence-electron chi connectivity index (χ4n) is 3.00. The van der Waals surface area contributed by atoms with Gasteiger partial charge in [0.15, 0.2) is 16.9 Å². The average Bonchev–Trinajstić information content (AvgIpc) is 3.42. The summed E-state index contributed by atoms with van der Waals surface area (Å²) in [7, 11) is 2.92. The number of rotatable bonds is 5. The van der Waals surface area contributed by atoms with Crippen molar-refractivity contribution in [1.29, 1.82) is 0 Å². The van der Waals surface area contributed by atoms with E-state index in [4.69, 9.17) is 4.42 Å². The Balaban J connectivity index is 1.48. The van der Waals surface area contributed by atoms with Crippen molar-refractivity contribution in [2.45, 2.75) is 20.0 Å². The molecule has 0 saturated carbocycles. The van der Waals surface area contributed by atoms with Crippen LogP contribution in [-0.4, -0.2) is 29.6 Å². The average molecular weight is 414 g/mol. The zero-order valence-electron chi connectivity index (χ0n) is 16.0. The minimum Gasteiger partial charge on any atom is -0.458 e. The van der Waals surface area contributed by atoms with Crippen molar-refractivity contribution in [3.63, 3.8) is 0 Å². The second-order valence-corrected chi connectivity index (χ2v) is 7.61. The summed E-state index contributed by atoms with van der Waals surface area (Å²) in [6.45, 7) is 2.01. The minimum atomic E-state index is -0.498. The Morgan fingerprint density at radius 2 is 2.03 bits per heavy atom. The number of fused-ring (bicyclic) bond motifs is 1. The van der Waals surface area contributed by atoms with Crippen LogP contribution < -0.4 is 16.6 Å². The van der Waals surface area contributed by atoms with Gasteiger partial charge < -0.3 is 14.3 Å². The lowest BCUT2D eigenvalue weighted by molar-refractivity contribution is -0.121. The lowest BCUT2D eigenvalue weighted by Gasteiger charge is -2.07. The van der Waals surface area contributed by atoms with Gasteiger partial charge in [-0.25, -0.2) is 14.8 Å². The summed E-state index contributed by atoms with van der Waals surface area (Å²) in [6, 6.07) is 3.59. The van der Waals surface area contributed by atoms with Crippen LogP contribution in [0.1, 0.15) is 10.8 Å². The first-order valence-corrected chi connectivity index (χ1v) is 9.62. The molecule has 1 amide bonds. The third-order valence-corrected chi connectivity index (χ3v) is 5.30. The summed E-state index contributed by atoms with van der Waals surface area (Å²) >= 11 is 1.54. The van der Waals surface area contributed by atoms with Crippen LogP contribution in [0, 0.1) is 6.92 Å². The summed E-state index contributed by atoms with van der Waals surface area (Å²) in [6.07, 6.45) is 1.38. The molecule has 4 heterocycles. The van der Waals surface area contributed by atoms with Crippen molar-refractivity contribution in [3.8, 4) is 11.5 Å². The molecule has 4 aromatic heterocycles. The normalized spacial score (nSPS) is 11.3. The molecule has 0 aliphatic rings. The maximum Gasteiger partial charge on any atom is 0.332 e. The second kappa shape index (κ2) is 7.17. The van der Waals surface area contributed by atoms with Crippen LogP contribution in [-0.2, 0) is 32.0 Å². The number of imidazole rings is 1. The quantitative estimate of drug-likeness (QED) is 0.516. The highest BCUT2D eigenvalue weighted by molar-refractivity contribution is 7.09. The highest BCUT2D eigenvalue weighted by Crippen LogP contribution is 2.23. The Hall–Kier alpha value is -3.47. The lowest BCUT2D eigenvalue weighted by atomic mass is 10.3. The smallest absolute Gasteiger partial charge is 0.332 e. The molecule has 0 bridgehead atoms. The molecule has 1 N–H and O–H groups in total. The van der Waals surface area contributed by atoms with Gasteiger partial charge in [-0.3, -0.25) is 18.7 Å². The number of aryl methyl sites for hydroxylation is 2. The van der Waals surface area contributed by atoms with Gasteiger partial charge in [-0.15, -0.1) is 11.3 Å². The molecular formula is C18H18N6O4S. The fourth-order valence-corrected chi connectivity index (χ4v) is 3.60. The van der Waals surface area contributed by atoms with Crippen molar-refractivity contribution in [1.82, 2.24) is 29.0 Å². The Morgan fingerprint density at radius 1 is 1.24 bits per heavy atom. The molecule has 150 valence electrons. The third kappa shape index (κ3) is 3.40. The van der Waals surface area contributed by atoms with Crippen molar-refractivity contribution in [3.05, 3.63) is 55.4 Å². The number of amides is 1. The first-order valence-electron chi connectivity index (χ1n) is 8.74. The molecule has 29 heavy (non-hydrogen) atoms. The second-order valence-electron chi connectivity index (χ2n) is 6.54. The predicted octanol–water partition coefficient (Wildman–Crippen LogP) is 0.775. The predicted molar refractivity (Wildman–Crippen MR) is 107 cm³/mol. The molecule has 10 nitrogen and oxygen atoms in total. The van der Waals surface area contributed by atoms with E-state index in [0.717, 1.165) is 15.3 Å². The van der Waals surface area contributed by atoms with E-state index in [-0.39, 0.29) is 30.2 Å². The maximum absolute atomic E-state index is 12.4. The number of thiazole rings is 1. The van der Waals surface area contributed by atoms with Gasteiger partial charge in [0.1, 0.15) is 18.0 Å². The van der Waals surface area contributed by atoms with Gasteiger partial charge in [-0.2, -0.15) is 0 Å². The van der Waals surface area contributed by atoms with Gasteiger partial charge in [-0.05, 0) is 19.1 Å². The molecule has 0 saturated heterocycles. The van der Waals surface area contributed by atoms with Crippen LogP contribution in [0.2, 0.25) is 0 Å². The van der Waals surface area contributed by atoms with Gasteiger partial charge in [-0.1, -0.05) is 0 Å². The zero-order valence-corrected chi connectivity index (χ0v) is 16.8. The molecule has 0 radical (unpaired) electrons. The molecular weight excluding hydrogens is 396 g/mol. The van der Waals surface area contributed by atoms with E-state index >= 15 is 0 Å². The Morgan fingerprint density at radius 3 is 2.76 bits per heavy atom. The van der Waals surface area contributed by atoms with Crippen LogP contribution >= 0.6 is 11.3 Å². The fraction of sp³-hybridized carbons (Fsp3) is 0.278. The number of carbonyl (C=O) groups is 1. The van der Waals surface area contributed by atoms with Gasteiger partial charge >= 0.3 is 5.69 Å². The lowest BCUT2D eigenvalue weighted by Crippen LogP contribution is -2.38. The number of hydrogen-bond donors (Lipinski definition) is 1. The number of hydrogen-bond acceptors (Lipinski definition) is 7. The summed E-state index contributed by atoms with van der Waals surface area (Å²) in [5.74, 6) is 0.916. The highest BCUT2D eigenvalue weighted by atomic mass is 32.1. The Bertz CT molecular complexity index is 1340. The monoisotopic (exact) mass is 414 g/mol. The largest absolute Gasteiger partial charge is 0.458 e. The molecule has 0 atom stereocenters. The number of furan rings is 1. The van der Waals surface area contributed by atoms with E-state index in [1.807, 2.05) is 18.4 Å². The topological polar surface area (TPSA) is 117 Å². The van der Waals surface area contributed by atoms with Crippen LogP contribution in [0.3, 0.4) is 0 Å². The van der Waals surface area contributed by atoms with Crippen LogP contribution in [0.5, 0.6) is 0 Å². The molecule has 0 aliphatic carbocycles. The number of carbonyl (C=O) groups excluding carboxylic acids is 1. The van der Waals surface area contributed by atoms with Crippen LogP contribution in [0.25, 0.3) is 22.6 Å². The van der Waals surface area contributed by atoms with E-state index in [9.17, 15) is 14.4 Å². The summed E-state index contributed by atoms with van der Waals surface area (Å²) in [4.78, 5) is 45.2. The van der Waals surface area contributed by atoms with Gasteiger partial charge in [0.05, 0.1) is 17.9 Å². The first-order chi connectivity index (χ1) is 13.8. The first kappa shape index (κ1) is 18.9.